The fourth-order valence-electron chi connectivity index (χ4n) is 2.66. The van der Waals surface area contributed by atoms with Crippen molar-refractivity contribution >= 4 is 5.91 Å². The molecule has 4 nitrogen and oxygen atoms in total. The molecule has 1 fully saturated rings. The summed E-state index contributed by atoms with van der Waals surface area (Å²) in [6.45, 7) is 1.27. The van der Waals surface area contributed by atoms with E-state index >= 15 is 0 Å². The number of H-pyrrole nitrogens is 1. The first kappa shape index (κ1) is 12.8. The number of hydrogen-bond acceptors (Lipinski definition) is 2. The number of aromatic nitrogens is 2. The molecule has 104 valence electrons. The van der Waals surface area contributed by atoms with E-state index in [2.05, 4.69) is 9.97 Å². The Hall–Kier alpha value is -2.17. The maximum atomic E-state index is 13.6. The van der Waals surface area contributed by atoms with Crippen LogP contribution in [0.2, 0.25) is 0 Å². The second-order valence-corrected chi connectivity index (χ2v) is 5.02. The molecule has 1 amide bonds. The summed E-state index contributed by atoms with van der Waals surface area (Å²) in [4.78, 5) is 21.4. The summed E-state index contributed by atoms with van der Waals surface area (Å²) in [5, 5.41) is 0. The molecular weight excluding hydrogens is 257 g/mol. The van der Waals surface area contributed by atoms with Crippen LogP contribution in [0.4, 0.5) is 4.39 Å². The van der Waals surface area contributed by atoms with Crippen LogP contribution < -0.4 is 0 Å². The van der Waals surface area contributed by atoms with Gasteiger partial charge in [0.1, 0.15) is 11.6 Å². The molecule has 0 saturated carbocycles. The van der Waals surface area contributed by atoms with Crippen LogP contribution in [0.15, 0.2) is 36.7 Å². The number of carbonyl (C=O) groups excluding carboxylic acids is 1. The minimum absolute atomic E-state index is 0.156. The van der Waals surface area contributed by atoms with E-state index in [1.165, 1.54) is 12.1 Å². The predicted molar refractivity (Wildman–Crippen MR) is 72.9 cm³/mol. The Morgan fingerprint density at radius 2 is 2.05 bits per heavy atom. The molecule has 1 aliphatic rings. The van der Waals surface area contributed by atoms with Crippen molar-refractivity contribution in [1.29, 1.82) is 0 Å². The largest absolute Gasteiger partial charge is 0.348 e. The van der Waals surface area contributed by atoms with Gasteiger partial charge in [0.15, 0.2) is 0 Å². The van der Waals surface area contributed by atoms with Crippen LogP contribution in [0.3, 0.4) is 0 Å². The Bertz CT molecular complexity index is 589. The van der Waals surface area contributed by atoms with Crippen molar-refractivity contribution in [2.24, 2.45) is 0 Å². The molecule has 2 heterocycles. The van der Waals surface area contributed by atoms with Crippen molar-refractivity contribution < 1.29 is 9.18 Å². The van der Waals surface area contributed by atoms with Crippen LogP contribution in [0.1, 0.15) is 34.9 Å². The Morgan fingerprint density at radius 1 is 1.30 bits per heavy atom. The van der Waals surface area contributed by atoms with Gasteiger partial charge in [-0.25, -0.2) is 9.37 Å². The second kappa shape index (κ2) is 5.45. The number of nitrogens with one attached hydrogen (secondary N) is 1. The zero-order valence-corrected chi connectivity index (χ0v) is 11.1. The highest BCUT2D eigenvalue weighted by Gasteiger charge is 2.26. The molecule has 0 radical (unpaired) electrons. The van der Waals surface area contributed by atoms with E-state index in [-0.39, 0.29) is 11.5 Å². The topological polar surface area (TPSA) is 49.0 Å². The van der Waals surface area contributed by atoms with Crippen LogP contribution in [-0.4, -0.2) is 33.9 Å². The van der Waals surface area contributed by atoms with Crippen molar-refractivity contribution in [3.05, 3.63) is 53.9 Å². The van der Waals surface area contributed by atoms with Crippen molar-refractivity contribution in [2.75, 3.05) is 13.1 Å². The average Bonchev–Trinajstić information content (AvgIpc) is 3.01. The van der Waals surface area contributed by atoms with Gasteiger partial charge >= 0.3 is 0 Å². The van der Waals surface area contributed by atoms with Crippen LogP contribution in [0.25, 0.3) is 0 Å². The summed E-state index contributed by atoms with van der Waals surface area (Å²) in [6.07, 6.45) is 5.26. The molecule has 0 bridgehead atoms. The molecule has 1 saturated heterocycles. The second-order valence-electron chi connectivity index (χ2n) is 5.02. The average molecular weight is 273 g/mol. The monoisotopic (exact) mass is 273 g/mol. The molecule has 0 atom stereocenters. The number of carbonyl (C=O) groups is 1. The highest BCUT2D eigenvalue weighted by Crippen LogP contribution is 2.26. The molecule has 3 rings (SSSR count). The maximum Gasteiger partial charge on any atom is 0.256 e. The molecule has 1 aromatic carbocycles. The van der Waals surface area contributed by atoms with Crippen molar-refractivity contribution in [1.82, 2.24) is 14.9 Å². The zero-order chi connectivity index (χ0) is 13.9. The van der Waals surface area contributed by atoms with Gasteiger partial charge < -0.3 is 9.88 Å². The quantitative estimate of drug-likeness (QED) is 0.914. The van der Waals surface area contributed by atoms with Gasteiger partial charge in [-0.3, -0.25) is 4.79 Å². The zero-order valence-electron chi connectivity index (χ0n) is 11.1. The molecule has 1 aliphatic heterocycles. The Labute approximate surface area is 116 Å². The lowest BCUT2D eigenvalue weighted by Crippen LogP contribution is -2.38. The lowest BCUT2D eigenvalue weighted by molar-refractivity contribution is 0.0706. The van der Waals surface area contributed by atoms with Gasteiger partial charge in [-0.05, 0) is 25.0 Å². The third-order valence-electron chi connectivity index (χ3n) is 3.79. The number of nitrogens with zero attached hydrogens (tertiary/aromatic N) is 2. The van der Waals surface area contributed by atoms with E-state index in [0.717, 1.165) is 18.7 Å². The summed E-state index contributed by atoms with van der Waals surface area (Å²) >= 11 is 0. The molecule has 5 heteroatoms. The summed E-state index contributed by atoms with van der Waals surface area (Å²) in [5.41, 5.74) is 0.156. The molecule has 0 spiro atoms. The van der Waals surface area contributed by atoms with Gasteiger partial charge in [-0.1, -0.05) is 12.1 Å². The van der Waals surface area contributed by atoms with Gasteiger partial charge in [-0.2, -0.15) is 0 Å². The number of benzene rings is 1. The fraction of sp³-hybridized carbons (Fsp3) is 0.333. The van der Waals surface area contributed by atoms with Crippen molar-refractivity contribution in [2.45, 2.75) is 18.8 Å². The van der Waals surface area contributed by atoms with Gasteiger partial charge in [0.2, 0.25) is 0 Å². The standard InChI is InChI=1S/C15H16FN3O/c16-13-4-2-1-3-12(13)15(20)19-9-5-11(6-10-19)14-17-7-8-18-14/h1-4,7-8,11H,5-6,9-10H2,(H,17,18). The lowest BCUT2D eigenvalue weighted by atomic mass is 9.95. The molecule has 20 heavy (non-hydrogen) atoms. The Morgan fingerprint density at radius 3 is 2.70 bits per heavy atom. The van der Waals surface area contributed by atoms with Crippen LogP contribution in [0, 0.1) is 5.82 Å². The fourth-order valence-corrected chi connectivity index (χ4v) is 2.66. The highest BCUT2D eigenvalue weighted by molar-refractivity contribution is 5.94. The molecule has 0 aliphatic carbocycles. The first-order valence-electron chi connectivity index (χ1n) is 6.79. The van der Waals surface area contributed by atoms with E-state index in [0.29, 0.717) is 19.0 Å². The van der Waals surface area contributed by atoms with Gasteiger partial charge in [0.05, 0.1) is 5.56 Å². The number of likely N-dealkylation sites (tertiary alicyclic amines) is 1. The van der Waals surface area contributed by atoms with E-state index in [1.54, 1.807) is 23.2 Å². The third-order valence-corrected chi connectivity index (χ3v) is 3.79. The number of halogens is 1. The highest BCUT2D eigenvalue weighted by atomic mass is 19.1. The smallest absolute Gasteiger partial charge is 0.256 e. The van der Waals surface area contributed by atoms with Crippen LogP contribution in [-0.2, 0) is 0 Å². The molecule has 1 N–H and O–H groups in total. The number of rotatable bonds is 2. The normalized spacial score (nSPS) is 16.4. The number of piperidine rings is 1. The molecular formula is C15H16FN3O. The molecule has 2 aromatic rings. The lowest BCUT2D eigenvalue weighted by Gasteiger charge is -2.31. The minimum atomic E-state index is -0.453. The Balaban J connectivity index is 1.66. The van der Waals surface area contributed by atoms with E-state index < -0.39 is 5.82 Å². The SMILES string of the molecule is O=C(c1ccccc1F)N1CCC(c2ncc[nH]2)CC1. The van der Waals surface area contributed by atoms with E-state index in [9.17, 15) is 9.18 Å². The van der Waals surface area contributed by atoms with Crippen molar-refractivity contribution in [3.8, 4) is 0 Å². The number of amides is 1. The van der Waals surface area contributed by atoms with Gasteiger partial charge in [0, 0.05) is 31.4 Å². The minimum Gasteiger partial charge on any atom is -0.348 e. The van der Waals surface area contributed by atoms with E-state index in [1.807, 2.05) is 6.20 Å². The molecule has 1 aromatic heterocycles. The number of aromatic amines is 1. The third kappa shape index (κ3) is 2.43. The summed E-state index contributed by atoms with van der Waals surface area (Å²) < 4.78 is 13.6. The first-order valence-corrected chi connectivity index (χ1v) is 6.79. The summed E-state index contributed by atoms with van der Waals surface area (Å²) in [6, 6.07) is 6.14. The first-order chi connectivity index (χ1) is 9.75. The predicted octanol–water partition coefficient (Wildman–Crippen LogP) is 2.57. The van der Waals surface area contributed by atoms with Gasteiger partial charge in [0.25, 0.3) is 5.91 Å². The number of hydrogen-bond donors (Lipinski definition) is 1. The van der Waals surface area contributed by atoms with Crippen molar-refractivity contribution in [3.63, 3.8) is 0 Å². The van der Waals surface area contributed by atoms with Gasteiger partial charge in [-0.15, -0.1) is 0 Å². The summed E-state index contributed by atoms with van der Waals surface area (Å²) in [7, 11) is 0. The Kier molecular flexibility index (Phi) is 3.50. The van der Waals surface area contributed by atoms with Crippen LogP contribution in [0.5, 0.6) is 0 Å². The number of imidazole rings is 1. The van der Waals surface area contributed by atoms with Crippen LogP contribution >= 0.6 is 0 Å². The molecule has 0 unspecified atom stereocenters. The summed E-state index contributed by atoms with van der Waals surface area (Å²) in [5.74, 6) is 0.657. The van der Waals surface area contributed by atoms with E-state index in [4.69, 9.17) is 0 Å². The maximum absolute atomic E-state index is 13.6.